The third-order valence-corrected chi connectivity index (χ3v) is 5.03. The second kappa shape index (κ2) is 8.08. The van der Waals surface area contributed by atoms with Gasteiger partial charge in [0.1, 0.15) is 11.4 Å². The van der Waals surface area contributed by atoms with Crippen molar-refractivity contribution in [3.8, 4) is 22.6 Å². The fourth-order valence-corrected chi connectivity index (χ4v) is 3.34. The largest absolute Gasteiger partial charge is 0.377 e. The van der Waals surface area contributed by atoms with Crippen LogP contribution in [0.3, 0.4) is 0 Å². The monoisotopic (exact) mass is 412 g/mol. The van der Waals surface area contributed by atoms with Crippen molar-refractivity contribution in [2.24, 2.45) is 0 Å². The highest BCUT2D eigenvalue weighted by Crippen LogP contribution is 2.28. The second-order valence-corrected chi connectivity index (χ2v) is 7.39. The van der Waals surface area contributed by atoms with Gasteiger partial charge in [0.25, 0.3) is 5.91 Å². The van der Waals surface area contributed by atoms with Gasteiger partial charge < -0.3 is 10.1 Å². The van der Waals surface area contributed by atoms with Crippen molar-refractivity contribution in [2.75, 3.05) is 18.5 Å². The van der Waals surface area contributed by atoms with E-state index in [1.54, 1.807) is 24.7 Å². The van der Waals surface area contributed by atoms with Gasteiger partial charge in [-0.1, -0.05) is 12.1 Å². The number of nitrogens with zero attached hydrogens (tertiary/aromatic N) is 5. The Morgan fingerprint density at radius 1 is 1.13 bits per heavy atom. The molecule has 4 aromatic heterocycles. The van der Waals surface area contributed by atoms with Crippen molar-refractivity contribution in [1.82, 2.24) is 24.7 Å². The molecule has 1 saturated heterocycles. The van der Waals surface area contributed by atoms with Crippen LogP contribution < -0.4 is 5.32 Å². The number of ether oxygens (including phenoxy) is 1. The summed E-state index contributed by atoms with van der Waals surface area (Å²) in [7, 11) is 0. The number of carbonyl (C=O) groups excluding carboxylic acids is 1. The van der Waals surface area contributed by atoms with Crippen molar-refractivity contribution < 1.29 is 9.53 Å². The minimum Gasteiger partial charge on any atom is -0.377 e. The zero-order valence-corrected chi connectivity index (χ0v) is 16.9. The molecule has 0 saturated carbocycles. The van der Waals surface area contributed by atoms with E-state index in [9.17, 15) is 4.79 Å². The van der Waals surface area contributed by atoms with Gasteiger partial charge in [-0.05, 0) is 42.8 Å². The fraction of sp³-hybridized carbons (Fsp3) is 0.174. The Balaban J connectivity index is 1.45. The van der Waals surface area contributed by atoms with E-state index in [1.807, 2.05) is 54.2 Å². The lowest BCUT2D eigenvalue weighted by atomic mass is 10.1. The number of nitrogens with one attached hydrogen (secondary N) is 1. The number of hydrogen-bond donors (Lipinski definition) is 1. The summed E-state index contributed by atoms with van der Waals surface area (Å²) in [5.41, 5.74) is 4.77. The lowest BCUT2D eigenvalue weighted by Gasteiger charge is -2.25. The second-order valence-electron chi connectivity index (χ2n) is 7.39. The summed E-state index contributed by atoms with van der Waals surface area (Å²) >= 11 is 0. The van der Waals surface area contributed by atoms with Crippen molar-refractivity contribution in [2.45, 2.75) is 13.0 Å². The molecule has 154 valence electrons. The van der Waals surface area contributed by atoms with E-state index in [2.05, 4.69) is 25.4 Å². The van der Waals surface area contributed by atoms with Crippen LogP contribution in [0.15, 0.2) is 67.3 Å². The number of rotatable bonds is 5. The van der Waals surface area contributed by atoms with Crippen LogP contribution in [0.2, 0.25) is 0 Å². The molecule has 1 amide bonds. The van der Waals surface area contributed by atoms with Gasteiger partial charge in [-0.3, -0.25) is 19.4 Å². The predicted octanol–water partition coefficient (Wildman–Crippen LogP) is 3.53. The van der Waals surface area contributed by atoms with Crippen LogP contribution in [0.25, 0.3) is 22.6 Å². The highest BCUT2D eigenvalue weighted by atomic mass is 16.5. The van der Waals surface area contributed by atoms with Gasteiger partial charge in [0, 0.05) is 30.4 Å². The van der Waals surface area contributed by atoms with Crippen LogP contribution in [-0.4, -0.2) is 43.9 Å². The quantitative estimate of drug-likeness (QED) is 0.539. The Kier molecular flexibility index (Phi) is 4.97. The molecule has 1 aliphatic rings. The van der Waals surface area contributed by atoms with Crippen LogP contribution in [0.4, 0.5) is 5.69 Å². The Hall–Kier alpha value is -3.91. The summed E-state index contributed by atoms with van der Waals surface area (Å²) in [5, 5.41) is 7.61. The van der Waals surface area contributed by atoms with Crippen LogP contribution in [-0.2, 0) is 4.74 Å². The van der Waals surface area contributed by atoms with Gasteiger partial charge in [0.05, 0.1) is 36.3 Å². The Bertz CT molecular complexity index is 1230. The molecule has 0 unspecified atom stereocenters. The predicted molar refractivity (Wildman–Crippen MR) is 115 cm³/mol. The first kappa shape index (κ1) is 19.1. The lowest BCUT2D eigenvalue weighted by molar-refractivity contribution is -0.0285. The lowest BCUT2D eigenvalue weighted by Crippen LogP contribution is -2.30. The Labute approximate surface area is 179 Å². The van der Waals surface area contributed by atoms with E-state index in [1.165, 1.54) is 0 Å². The summed E-state index contributed by atoms with van der Waals surface area (Å²) in [4.78, 5) is 26.2. The molecule has 0 spiro atoms. The van der Waals surface area contributed by atoms with Gasteiger partial charge in [0.2, 0.25) is 0 Å². The highest BCUT2D eigenvalue weighted by molar-refractivity contribution is 6.04. The molecule has 8 nitrogen and oxygen atoms in total. The summed E-state index contributed by atoms with van der Waals surface area (Å²) in [5.74, 6) is -0.316. The maximum absolute atomic E-state index is 13.0. The molecule has 1 N–H and O–H groups in total. The fourth-order valence-electron chi connectivity index (χ4n) is 3.34. The molecule has 0 atom stereocenters. The Morgan fingerprint density at radius 2 is 2.00 bits per heavy atom. The van der Waals surface area contributed by atoms with Gasteiger partial charge in [-0.25, -0.2) is 4.98 Å². The SMILES string of the molecule is Cc1cncc(-c2cccc(C(=O)Nc3cn(C4COC4)nc3-c3ccccn3)n2)c1. The molecular weight excluding hydrogens is 392 g/mol. The van der Waals surface area contributed by atoms with E-state index >= 15 is 0 Å². The zero-order chi connectivity index (χ0) is 21.2. The molecule has 5 heterocycles. The van der Waals surface area contributed by atoms with E-state index < -0.39 is 0 Å². The van der Waals surface area contributed by atoms with E-state index in [0.29, 0.717) is 41.7 Å². The first-order valence-corrected chi connectivity index (χ1v) is 9.96. The normalized spacial score (nSPS) is 13.6. The molecule has 5 rings (SSSR count). The number of amides is 1. The molecule has 0 aromatic carbocycles. The number of anilines is 1. The minimum absolute atomic E-state index is 0.156. The third kappa shape index (κ3) is 3.93. The molecule has 0 aliphatic carbocycles. The van der Waals surface area contributed by atoms with Gasteiger partial charge in [0.15, 0.2) is 0 Å². The maximum atomic E-state index is 13.0. The summed E-state index contributed by atoms with van der Waals surface area (Å²) < 4.78 is 7.10. The molecule has 0 radical (unpaired) electrons. The van der Waals surface area contributed by atoms with Crippen LogP contribution >= 0.6 is 0 Å². The number of aromatic nitrogens is 5. The van der Waals surface area contributed by atoms with Crippen LogP contribution in [0, 0.1) is 6.92 Å². The van der Waals surface area contributed by atoms with Crippen LogP contribution in [0.1, 0.15) is 22.1 Å². The molecule has 31 heavy (non-hydrogen) atoms. The van der Waals surface area contributed by atoms with Gasteiger partial charge >= 0.3 is 0 Å². The van der Waals surface area contributed by atoms with Crippen LogP contribution in [0.5, 0.6) is 0 Å². The maximum Gasteiger partial charge on any atom is 0.274 e. The van der Waals surface area contributed by atoms with Crippen molar-refractivity contribution in [3.05, 3.63) is 78.5 Å². The van der Waals surface area contributed by atoms with Crippen molar-refractivity contribution in [1.29, 1.82) is 0 Å². The molecule has 8 heteroatoms. The molecule has 1 fully saturated rings. The number of carbonyl (C=O) groups is 1. The Morgan fingerprint density at radius 3 is 2.74 bits per heavy atom. The van der Waals surface area contributed by atoms with Gasteiger partial charge in [-0.15, -0.1) is 0 Å². The first-order valence-electron chi connectivity index (χ1n) is 9.96. The highest BCUT2D eigenvalue weighted by Gasteiger charge is 2.25. The number of pyridine rings is 3. The third-order valence-electron chi connectivity index (χ3n) is 5.03. The average Bonchev–Trinajstić information content (AvgIpc) is 3.16. The number of aryl methyl sites for hydroxylation is 1. The summed E-state index contributed by atoms with van der Waals surface area (Å²) in [6, 6.07) is 13.1. The zero-order valence-electron chi connectivity index (χ0n) is 16.9. The summed E-state index contributed by atoms with van der Waals surface area (Å²) in [6.07, 6.45) is 7.04. The molecule has 0 bridgehead atoms. The molecular formula is C23H20N6O2. The topological polar surface area (TPSA) is 94.8 Å². The van der Waals surface area contributed by atoms with E-state index in [4.69, 9.17) is 4.74 Å². The van der Waals surface area contributed by atoms with Gasteiger partial charge in [-0.2, -0.15) is 5.10 Å². The molecule has 1 aliphatic heterocycles. The minimum atomic E-state index is -0.316. The smallest absolute Gasteiger partial charge is 0.274 e. The summed E-state index contributed by atoms with van der Waals surface area (Å²) in [6.45, 7) is 3.17. The van der Waals surface area contributed by atoms with E-state index in [-0.39, 0.29) is 11.9 Å². The van der Waals surface area contributed by atoms with Crippen molar-refractivity contribution >= 4 is 11.6 Å². The average molecular weight is 412 g/mol. The molecule has 4 aromatic rings. The standard InChI is InChI=1S/C23H20N6O2/c1-15-9-16(11-24-10-15)18-6-4-7-20(26-18)23(30)27-21-12-29(17-13-31-14-17)28-22(21)19-5-2-3-8-25-19/h2-12,17H,13-14H2,1H3,(H,27,30). The first-order chi connectivity index (χ1) is 15.2. The van der Waals surface area contributed by atoms with E-state index in [0.717, 1.165) is 11.1 Å². The van der Waals surface area contributed by atoms with Crippen molar-refractivity contribution in [3.63, 3.8) is 0 Å². The number of hydrogen-bond acceptors (Lipinski definition) is 6.